The number of hydrazone groups is 1. The lowest BCUT2D eigenvalue weighted by Crippen LogP contribution is -2.49. The van der Waals surface area contributed by atoms with Gasteiger partial charge in [0.2, 0.25) is 0 Å². The van der Waals surface area contributed by atoms with E-state index < -0.39 is 11.8 Å². The summed E-state index contributed by atoms with van der Waals surface area (Å²) >= 11 is 9.55. The number of thiocarbonyl (C=S) groups is 2. The first-order chi connectivity index (χ1) is 8.92. The monoisotopic (exact) mass is 304 g/mol. The molecular formula is C9H16N6O2S2. The summed E-state index contributed by atoms with van der Waals surface area (Å²) in [5, 5.41) is 9.42. The minimum Gasteiger partial charge on any atom is -0.364 e. The maximum atomic E-state index is 11.7. The molecular weight excluding hydrogens is 288 g/mol. The number of hydrazine groups is 1. The molecule has 1 atom stereocenters. The van der Waals surface area contributed by atoms with Crippen LogP contribution in [0.15, 0.2) is 5.10 Å². The summed E-state index contributed by atoms with van der Waals surface area (Å²) < 4.78 is 0. The summed E-state index contributed by atoms with van der Waals surface area (Å²) in [6.07, 6.45) is 1.16. The fourth-order valence-corrected chi connectivity index (χ4v) is 0.946. The molecule has 0 spiro atoms. The molecule has 1 amide bonds. The van der Waals surface area contributed by atoms with Gasteiger partial charge < -0.3 is 10.6 Å². The van der Waals surface area contributed by atoms with Crippen molar-refractivity contribution in [3.8, 4) is 0 Å². The van der Waals surface area contributed by atoms with Gasteiger partial charge >= 0.3 is 0 Å². The molecule has 0 fully saturated rings. The number of hydrogen-bond donors (Lipinski definition) is 5. The van der Waals surface area contributed by atoms with Crippen LogP contribution in [0.2, 0.25) is 0 Å². The van der Waals surface area contributed by atoms with Crippen molar-refractivity contribution in [2.75, 3.05) is 14.1 Å². The molecule has 19 heavy (non-hydrogen) atoms. The Labute approximate surface area is 121 Å². The van der Waals surface area contributed by atoms with E-state index >= 15 is 0 Å². The van der Waals surface area contributed by atoms with Crippen LogP contribution in [0.1, 0.15) is 6.92 Å². The van der Waals surface area contributed by atoms with Gasteiger partial charge in [-0.05, 0) is 31.4 Å². The van der Waals surface area contributed by atoms with Gasteiger partial charge in [-0.2, -0.15) is 5.10 Å². The highest BCUT2D eigenvalue weighted by molar-refractivity contribution is 7.80. The Morgan fingerprint density at radius 3 is 2.16 bits per heavy atom. The Hall–Kier alpha value is -1.81. The van der Waals surface area contributed by atoms with Crippen molar-refractivity contribution in [1.82, 2.24) is 26.9 Å². The molecule has 0 rings (SSSR count). The third-order valence-electron chi connectivity index (χ3n) is 1.86. The lowest BCUT2D eigenvalue weighted by molar-refractivity contribution is -0.130. The Balaban J connectivity index is 4.47. The molecule has 0 aromatic heterocycles. The number of carbonyl (C=O) groups excluding carboxylic acids is 2. The number of ketones is 1. The van der Waals surface area contributed by atoms with Gasteiger partial charge in [-0.15, -0.1) is 0 Å². The minimum atomic E-state index is -1.04. The molecule has 106 valence electrons. The normalized spacial score (nSPS) is 11.3. The average molecular weight is 304 g/mol. The van der Waals surface area contributed by atoms with Gasteiger partial charge in [0, 0.05) is 20.3 Å². The molecule has 5 N–H and O–H groups in total. The first-order valence-electron chi connectivity index (χ1n) is 5.21. The van der Waals surface area contributed by atoms with Crippen molar-refractivity contribution in [3.63, 3.8) is 0 Å². The number of nitrogens with zero attached hydrogens (tertiary/aromatic N) is 1. The summed E-state index contributed by atoms with van der Waals surface area (Å²) in [6.45, 7) is 1.28. The highest BCUT2D eigenvalue weighted by Crippen LogP contribution is 1.94. The van der Waals surface area contributed by atoms with Crippen molar-refractivity contribution in [2.45, 2.75) is 6.92 Å². The smallest absolute Gasteiger partial charge is 0.254 e. The second-order valence-electron chi connectivity index (χ2n) is 3.25. The van der Waals surface area contributed by atoms with Gasteiger partial charge in [-0.3, -0.25) is 25.9 Å². The van der Waals surface area contributed by atoms with Crippen LogP contribution in [-0.4, -0.2) is 42.2 Å². The van der Waals surface area contributed by atoms with Crippen LogP contribution in [-0.2, 0) is 9.59 Å². The molecule has 0 aliphatic rings. The molecule has 0 saturated heterocycles. The highest BCUT2D eigenvalue weighted by atomic mass is 32.1. The summed E-state index contributed by atoms with van der Waals surface area (Å²) in [5.74, 6) is -1.99. The average Bonchev–Trinajstić information content (AvgIpc) is 2.39. The lowest BCUT2D eigenvalue weighted by atomic mass is 10.1. The quantitative estimate of drug-likeness (QED) is 0.183. The predicted molar refractivity (Wildman–Crippen MR) is 80.4 cm³/mol. The largest absolute Gasteiger partial charge is 0.364 e. The number of rotatable bonds is 4. The van der Waals surface area contributed by atoms with Crippen LogP contribution in [0.4, 0.5) is 0 Å². The van der Waals surface area contributed by atoms with E-state index in [-0.39, 0.29) is 16.0 Å². The third-order valence-corrected chi connectivity index (χ3v) is 2.47. The third kappa shape index (κ3) is 7.26. The zero-order chi connectivity index (χ0) is 14.8. The fourth-order valence-electron chi connectivity index (χ4n) is 0.842. The van der Waals surface area contributed by atoms with E-state index in [1.165, 1.54) is 6.92 Å². The standard InChI is InChI=1S/C9H16N6O2S2/c1-5(16)6(4-12-14-8(18)10-2)7(17)13-15-9(19)11-3/h4,6H,1-3H3,(H,13,17)(H2,10,14,18)(H2,11,15,19). The molecule has 0 aliphatic carbocycles. The van der Waals surface area contributed by atoms with Gasteiger partial charge in [-0.1, -0.05) is 0 Å². The molecule has 0 aliphatic heterocycles. The Morgan fingerprint density at radius 1 is 1.11 bits per heavy atom. The predicted octanol–water partition coefficient (Wildman–Crippen LogP) is -1.60. The van der Waals surface area contributed by atoms with E-state index in [0.29, 0.717) is 0 Å². The van der Waals surface area contributed by atoms with E-state index in [0.717, 1.165) is 6.21 Å². The van der Waals surface area contributed by atoms with Gasteiger partial charge in [-0.25, -0.2) is 0 Å². The first kappa shape index (κ1) is 17.2. The lowest BCUT2D eigenvalue weighted by Gasteiger charge is -2.12. The van der Waals surface area contributed by atoms with E-state index in [2.05, 4.69) is 32.0 Å². The van der Waals surface area contributed by atoms with Crippen LogP contribution in [0, 0.1) is 5.92 Å². The summed E-state index contributed by atoms with van der Waals surface area (Å²) in [4.78, 5) is 23.0. The maximum Gasteiger partial charge on any atom is 0.254 e. The molecule has 0 heterocycles. The van der Waals surface area contributed by atoms with E-state index in [4.69, 9.17) is 24.4 Å². The number of Topliss-reactive ketones (excluding diaryl/α,β-unsaturated/α-hetero) is 1. The van der Waals surface area contributed by atoms with Crippen LogP contribution >= 0.6 is 24.4 Å². The number of nitrogens with one attached hydrogen (secondary N) is 5. The van der Waals surface area contributed by atoms with Crippen LogP contribution in [0.25, 0.3) is 0 Å². The molecule has 0 saturated carbocycles. The van der Waals surface area contributed by atoms with Crippen LogP contribution < -0.4 is 26.9 Å². The van der Waals surface area contributed by atoms with E-state index in [9.17, 15) is 9.59 Å². The van der Waals surface area contributed by atoms with Gasteiger partial charge in [0.25, 0.3) is 5.91 Å². The molecule has 0 aromatic carbocycles. The number of carbonyl (C=O) groups is 2. The summed E-state index contributed by atoms with van der Waals surface area (Å²) in [6, 6.07) is 0. The molecule has 0 bridgehead atoms. The summed E-state index contributed by atoms with van der Waals surface area (Å²) in [5.41, 5.74) is 7.16. The highest BCUT2D eigenvalue weighted by Gasteiger charge is 2.21. The van der Waals surface area contributed by atoms with E-state index in [1.54, 1.807) is 14.1 Å². The summed E-state index contributed by atoms with van der Waals surface area (Å²) in [7, 11) is 3.21. The second-order valence-corrected chi connectivity index (χ2v) is 4.07. The fraction of sp³-hybridized carbons (Fsp3) is 0.444. The minimum absolute atomic E-state index is 0.224. The second kappa shape index (κ2) is 9.16. The van der Waals surface area contributed by atoms with Gasteiger partial charge in [0.15, 0.2) is 10.2 Å². The number of hydrogen-bond acceptors (Lipinski definition) is 5. The molecule has 10 heteroatoms. The number of amides is 1. The van der Waals surface area contributed by atoms with Gasteiger partial charge in [0.1, 0.15) is 11.7 Å². The molecule has 8 nitrogen and oxygen atoms in total. The van der Waals surface area contributed by atoms with Crippen molar-refractivity contribution in [1.29, 1.82) is 0 Å². The van der Waals surface area contributed by atoms with Gasteiger partial charge in [0.05, 0.1) is 0 Å². The van der Waals surface area contributed by atoms with Crippen molar-refractivity contribution in [2.24, 2.45) is 11.0 Å². The molecule has 0 radical (unpaired) electrons. The maximum absolute atomic E-state index is 11.7. The van der Waals surface area contributed by atoms with Crippen LogP contribution in [0.3, 0.4) is 0 Å². The van der Waals surface area contributed by atoms with Crippen molar-refractivity contribution < 1.29 is 9.59 Å². The SMILES string of the molecule is CNC(=S)NN=CC(C(C)=O)C(=O)NNC(=S)NC. The zero-order valence-electron chi connectivity index (χ0n) is 10.7. The molecule has 0 aromatic rings. The molecule has 1 unspecified atom stereocenters. The Bertz CT molecular complexity index is 398. The topological polar surface area (TPSA) is 107 Å². The first-order valence-corrected chi connectivity index (χ1v) is 6.03. The van der Waals surface area contributed by atoms with Crippen molar-refractivity contribution >= 4 is 52.6 Å². The Morgan fingerprint density at radius 2 is 1.68 bits per heavy atom. The Kier molecular flexibility index (Phi) is 8.29. The van der Waals surface area contributed by atoms with Crippen LogP contribution in [0.5, 0.6) is 0 Å². The van der Waals surface area contributed by atoms with Crippen molar-refractivity contribution in [3.05, 3.63) is 0 Å². The zero-order valence-corrected chi connectivity index (χ0v) is 12.4. The van der Waals surface area contributed by atoms with E-state index in [1.807, 2.05) is 0 Å².